The third kappa shape index (κ3) is 4.77. The highest BCUT2D eigenvalue weighted by molar-refractivity contribution is 5.76. The zero-order valence-corrected chi connectivity index (χ0v) is 17.5. The van der Waals surface area contributed by atoms with E-state index >= 15 is 0 Å². The molecule has 1 amide bonds. The maximum absolute atomic E-state index is 14.3. The van der Waals surface area contributed by atoms with E-state index in [0.717, 1.165) is 12.1 Å². The zero-order chi connectivity index (χ0) is 22.7. The number of halogens is 3. The maximum Gasteiger partial charge on any atom is 0.226 e. The van der Waals surface area contributed by atoms with Gasteiger partial charge in [-0.2, -0.15) is 5.10 Å². The molecule has 0 spiro atoms. The number of ether oxygens (including phenoxy) is 2. The summed E-state index contributed by atoms with van der Waals surface area (Å²) in [6, 6.07) is 8.57. The van der Waals surface area contributed by atoms with Crippen molar-refractivity contribution in [1.29, 1.82) is 0 Å². The fraction of sp³-hybridized carbons (Fsp3) is 0.304. The van der Waals surface area contributed by atoms with Gasteiger partial charge in [0.25, 0.3) is 0 Å². The molecule has 0 N–H and O–H groups in total. The van der Waals surface area contributed by atoms with Gasteiger partial charge < -0.3 is 14.4 Å². The molecule has 1 aromatic heterocycles. The van der Waals surface area contributed by atoms with Crippen molar-refractivity contribution in [2.24, 2.45) is 0 Å². The second kappa shape index (κ2) is 9.44. The molecule has 2 aromatic carbocycles. The van der Waals surface area contributed by atoms with Crippen molar-refractivity contribution in [1.82, 2.24) is 14.7 Å². The van der Waals surface area contributed by atoms with Crippen LogP contribution in [-0.2, 0) is 16.0 Å². The lowest BCUT2D eigenvalue weighted by molar-refractivity contribution is -0.135. The number of rotatable bonds is 6. The highest BCUT2D eigenvalue weighted by Crippen LogP contribution is 2.33. The van der Waals surface area contributed by atoms with Crippen LogP contribution in [0.5, 0.6) is 11.6 Å². The molecular weight excluding hydrogens is 423 g/mol. The Morgan fingerprint density at radius 1 is 1.06 bits per heavy atom. The first-order valence-corrected chi connectivity index (χ1v) is 10.3. The molecule has 2 heterocycles. The van der Waals surface area contributed by atoms with E-state index in [1.54, 1.807) is 11.8 Å². The van der Waals surface area contributed by atoms with Crippen LogP contribution in [0.4, 0.5) is 13.2 Å². The van der Waals surface area contributed by atoms with Crippen LogP contribution in [0.1, 0.15) is 17.7 Å². The van der Waals surface area contributed by atoms with Crippen molar-refractivity contribution >= 4 is 5.91 Å². The summed E-state index contributed by atoms with van der Waals surface area (Å²) in [6.07, 6.45) is 0.513. The smallest absolute Gasteiger partial charge is 0.226 e. The molecule has 3 aromatic rings. The summed E-state index contributed by atoms with van der Waals surface area (Å²) in [4.78, 5) is 14.4. The van der Waals surface area contributed by atoms with E-state index in [1.165, 1.54) is 35.0 Å². The predicted octanol–water partition coefficient (Wildman–Crippen LogP) is 4.18. The van der Waals surface area contributed by atoms with E-state index in [-0.39, 0.29) is 24.0 Å². The van der Waals surface area contributed by atoms with Crippen LogP contribution in [0, 0.1) is 24.4 Å². The van der Waals surface area contributed by atoms with E-state index < -0.39 is 17.5 Å². The van der Waals surface area contributed by atoms with Gasteiger partial charge in [-0.05, 0) is 49.7 Å². The molecule has 0 radical (unpaired) electrons. The lowest BCUT2D eigenvalue weighted by Crippen LogP contribution is -2.40. The first kappa shape index (κ1) is 21.9. The number of benzene rings is 2. The standard InChI is InChI=1S/C23H22F3N3O3/c1-15-19(7-9-22(30)28-10-12-31-13-11-28)23(32-21-8-4-17(25)14-20(21)26)29(27-15)18-5-2-16(24)3-6-18/h2-6,8,14H,7,9-13H2,1H3. The Morgan fingerprint density at radius 3 is 2.44 bits per heavy atom. The second-order valence-electron chi connectivity index (χ2n) is 7.43. The highest BCUT2D eigenvalue weighted by atomic mass is 19.1. The number of carbonyl (C=O) groups excluding carboxylic acids is 1. The summed E-state index contributed by atoms with van der Waals surface area (Å²) in [5.74, 6) is -2.04. The third-order valence-electron chi connectivity index (χ3n) is 5.26. The van der Waals surface area contributed by atoms with Crippen molar-refractivity contribution in [2.45, 2.75) is 19.8 Å². The fourth-order valence-electron chi connectivity index (χ4n) is 3.55. The Bertz CT molecular complexity index is 1110. The molecule has 1 saturated heterocycles. The topological polar surface area (TPSA) is 56.6 Å². The van der Waals surface area contributed by atoms with E-state index in [2.05, 4.69) is 5.10 Å². The minimum absolute atomic E-state index is 0.0267. The molecule has 4 rings (SSSR count). The number of carbonyl (C=O) groups is 1. The normalized spacial score (nSPS) is 13.9. The number of amides is 1. The molecule has 0 bridgehead atoms. The molecule has 168 valence electrons. The van der Waals surface area contributed by atoms with E-state index in [9.17, 15) is 18.0 Å². The minimum atomic E-state index is -0.871. The van der Waals surface area contributed by atoms with Gasteiger partial charge in [0, 0.05) is 31.1 Å². The van der Waals surface area contributed by atoms with Gasteiger partial charge in [-0.1, -0.05) is 0 Å². The van der Waals surface area contributed by atoms with Crippen LogP contribution in [-0.4, -0.2) is 46.9 Å². The molecule has 1 aliphatic heterocycles. The molecule has 0 atom stereocenters. The van der Waals surface area contributed by atoms with Gasteiger partial charge in [0.05, 0.1) is 24.6 Å². The van der Waals surface area contributed by atoms with Crippen molar-refractivity contribution in [3.05, 3.63) is 71.2 Å². The van der Waals surface area contributed by atoms with Crippen molar-refractivity contribution < 1.29 is 27.4 Å². The Balaban J connectivity index is 1.66. The molecule has 1 fully saturated rings. The highest BCUT2D eigenvalue weighted by Gasteiger charge is 2.23. The predicted molar refractivity (Wildman–Crippen MR) is 110 cm³/mol. The number of morpholine rings is 1. The number of aryl methyl sites for hydroxylation is 1. The SMILES string of the molecule is Cc1nn(-c2ccc(F)cc2)c(Oc2ccc(F)cc2F)c1CCC(=O)N1CCOCC1. The molecule has 0 unspecified atom stereocenters. The van der Waals surface area contributed by atoms with E-state index in [4.69, 9.17) is 9.47 Å². The summed E-state index contributed by atoms with van der Waals surface area (Å²) in [5, 5.41) is 4.47. The molecule has 1 aliphatic rings. The number of hydrogen-bond acceptors (Lipinski definition) is 4. The summed E-state index contributed by atoms with van der Waals surface area (Å²) in [7, 11) is 0. The Kier molecular flexibility index (Phi) is 6.45. The summed E-state index contributed by atoms with van der Waals surface area (Å²) >= 11 is 0. The summed E-state index contributed by atoms with van der Waals surface area (Å²) < 4.78 is 53.6. The third-order valence-corrected chi connectivity index (χ3v) is 5.26. The first-order chi connectivity index (χ1) is 15.4. The number of aromatic nitrogens is 2. The number of nitrogens with zero attached hydrogens (tertiary/aromatic N) is 3. The molecule has 32 heavy (non-hydrogen) atoms. The van der Waals surface area contributed by atoms with Crippen LogP contribution in [0.3, 0.4) is 0 Å². The largest absolute Gasteiger partial charge is 0.436 e. The van der Waals surface area contributed by atoms with Crippen molar-refractivity contribution in [3.63, 3.8) is 0 Å². The molecule has 6 nitrogen and oxygen atoms in total. The maximum atomic E-state index is 14.3. The average Bonchev–Trinajstić information content (AvgIpc) is 3.10. The van der Waals surface area contributed by atoms with Crippen LogP contribution >= 0.6 is 0 Å². The first-order valence-electron chi connectivity index (χ1n) is 10.3. The van der Waals surface area contributed by atoms with Gasteiger partial charge in [-0.25, -0.2) is 17.9 Å². The zero-order valence-electron chi connectivity index (χ0n) is 17.5. The van der Waals surface area contributed by atoms with Crippen LogP contribution < -0.4 is 4.74 Å². The van der Waals surface area contributed by atoms with E-state index in [0.29, 0.717) is 49.7 Å². The fourth-order valence-corrected chi connectivity index (χ4v) is 3.55. The quantitative estimate of drug-likeness (QED) is 0.571. The Hall–Kier alpha value is -3.33. The van der Waals surface area contributed by atoms with Gasteiger partial charge in [0.2, 0.25) is 11.8 Å². The lowest BCUT2D eigenvalue weighted by Gasteiger charge is -2.26. The summed E-state index contributed by atoms with van der Waals surface area (Å²) in [6.45, 7) is 3.84. The van der Waals surface area contributed by atoms with Crippen molar-refractivity contribution in [3.8, 4) is 17.3 Å². The molecule has 0 aliphatic carbocycles. The van der Waals surface area contributed by atoms with Gasteiger partial charge in [0.1, 0.15) is 11.6 Å². The van der Waals surface area contributed by atoms with Crippen molar-refractivity contribution in [2.75, 3.05) is 26.3 Å². The Labute approximate surface area is 183 Å². The van der Waals surface area contributed by atoms with E-state index in [1.807, 2.05) is 0 Å². The molecule has 0 saturated carbocycles. The van der Waals surface area contributed by atoms with Gasteiger partial charge in [-0.15, -0.1) is 0 Å². The average molecular weight is 445 g/mol. The lowest BCUT2D eigenvalue weighted by atomic mass is 10.1. The van der Waals surface area contributed by atoms with Crippen LogP contribution in [0.25, 0.3) is 5.69 Å². The number of hydrogen-bond donors (Lipinski definition) is 0. The monoisotopic (exact) mass is 445 g/mol. The minimum Gasteiger partial charge on any atom is -0.436 e. The Morgan fingerprint density at radius 2 is 1.75 bits per heavy atom. The van der Waals surface area contributed by atoms with Crippen LogP contribution in [0.15, 0.2) is 42.5 Å². The second-order valence-corrected chi connectivity index (χ2v) is 7.43. The van der Waals surface area contributed by atoms with Crippen LogP contribution in [0.2, 0.25) is 0 Å². The molecular formula is C23H22F3N3O3. The van der Waals surface area contributed by atoms with Gasteiger partial charge in [0.15, 0.2) is 11.6 Å². The van der Waals surface area contributed by atoms with Gasteiger partial charge >= 0.3 is 0 Å². The summed E-state index contributed by atoms with van der Waals surface area (Å²) in [5.41, 5.74) is 1.69. The molecule has 9 heteroatoms. The van der Waals surface area contributed by atoms with Gasteiger partial charge in [-0.3, -0.25) is 4.79 Å².